The van der Waals surface area contributed by atoms with E-state index in [4.69, 9.17) is 16.3 Å². The molecule has 0 bridgehead atoms. The molecule has 1 N–H and O–H groups in total. The first-order valence-corrected chi connectivity index (χ1v) is 10.4. The minimum Gasteiger partial charge on any atom is -0.479 e. The lowest BCUT2D eigenvalue weighted by atomic mass is 9.91. The zero-order valence-corrected chi connectivity index (χ0v) is 19.0. The molecule has 6 heteroatoms. The molecule has 3 rings (SSSR count). The van der Waals surface area contributed by atoms with Gasteiger partial charge in [-0.3, -0.25) is 9.36 Å². The highest BCUT2D eigenvalue weighted by atomic mass is 35.5. The van der Waals surface area contributed by atoms with Crippen LogP contribution in [0.15, 0.2) is 59.4 Å². The molecular weight excluding hydrogens is 414 g/mol. The number of benzene rings is 2. The van der Waals surface area contributed by atoms with Crippen LogP contribution in [0.1, 0.15) is 43.7 Å². The molecule has 0 aliphatic heterocycles. The van der Waals surface area contributed by atoms with Crippen molar-refractivity contribution in [3.63, 3.8) is 0 Å². The van der Waals surface area contributed by atoms with Crippen molar-refractivity contribution in [1.29, 1.82) is 0 Å². The van der Waals surface area contributed by atoms with Crippen molar-refractivity contribution in [1.82, 2.24) is 4.57 Å². The molecule has 0 saturated heterocycles. The van der Waals surface area contributed by atoms with E-state index in [2.05, 4.69) is 0 Å². The van der Waals surface area contributed by atoms with Crippen LogP contribution in [0.3, 0.4) is 0 Å². The SMILES string of the molecule is Cc1c(C(OC(C)(C)C)C(=O)O)c(-c2ccc(Cl)cc2)c(C)n(-c2ccccc2)c1=O. The first-order chi connectivity index (χ1) is 14.5. The van der Waals surface area contributed by atoms with Gasteiger partial charge in [0.15, 0.2) is 6.10 Å². The lowest BCUT2D eigenvalue weighted by Crippen LogP contribution is -2.32. The number of hydrogen-bond acceptors (Lipinski definition) is 3. The van der Waals surface area contributed by atoms with Crippen LogP contribution >= 0.6 is 11.6 Å². The highest BCUT2D eigenvalue weighted by Crippen LogP contribution is 2.37. The van der Waals surface area contributed by atoms with Gasteiger partial charge in [-0.1, -0.05) is 41.9 Å². The van der Waals surface area contributed by atoms with Crippen LogP contribution in [0.5, 0.6) is 0 Å². The second-order valence-electron chi connectivity index (χ2n) is 8.43. The minimum atomic E-state index is -1.30. The Morgan fingerprint density at radius 2 is 1.61 bits per heavy atom. The molecule has 5 nitrogen and oxygen atoms in total. The summed E-state index contributed by atoms with van der Waals surface area (Å²) in [5, 5.41) is 10.6. The number of carboxylic acids is 1. The smallest absolute Gasteiger partial charge is 0.337 e. The third kappa shape index (κ3) is 4.73. The van der Waals surface area contributed by atoms with Crippen LogP contribution in [0.2, 0.25) is 5.02 Å². The molecule has 0 saturated carbocycles. The van der Waals surface area contributed by atoms with Crippen molar-refractivity contribution in [3.8, 4) is 16.8 Å². The van der Waals surface area contributed by atoms with Gasteiger partial charge in [0.1, 0.15) is 0 Å². The number of rotatable bonds is 5. The molecule has 1 heterocycles. The van der Waals surface area contributed by atoms with E-state index in [-0.39, 0.29) is 5.56 Å². The van der Waals surface area contributed by atoms with Gasteiger partial charge in [-0.15, -0.1) is 0 Å². The van der Waals surface area contributed by atoms with Crippen molar-refractivity contribution in [2.75, 3.05) is 0 Å². The second kappa shape index (κ2) is 8.69. The van der Waals surface area contributed by atoms with Crippen molar-refractivity contribution in [2.45, 2.75) is 46.3 Å². The summed E-state index contributed by atoms with van der Waals surface area (Å²) in [7, 11) is 0. The van der Waals surface area contributed by atoms with Crippen LogP contribution in [-0.4, -0.2) is 21.2 Å². The maximum atomic E-state index is 13.4. The number of nitrogens with zero attached hydrogens (tertiary/aromatic N) is 1. The molecule has 1 aromatic heterocycles. The third-order valence-electron chi connectivity index (χ3n) is 5.00. The number of aliphatic carboxylic acids is 1. The molecule has 0 amide bonds. The number of halogens is 1. The predicted molar refractivity (Wildman–Crippen MR) is 123 cm³/mol. The van der Waals surface area contributed by atoms with Crippen LogP contribution in [-0.2, 0) is 9.53 Å². The fourth-order valence-electron chi connectivity index (χ4n) is 3.71. The normalized spacial score (nSPS) is 12.6. The van der Waals surface area contributed by atoms with E-state index in [0.717, 1.165) is 5.56 Å². The van der Waals surface area contributed by atoms with Gasteiger partial charge in [-0.25, -0.2) is 4.79 Å². The molecule has 0 aliphatic carbocycles. The summed E-state index contributed by atoms with van der Waals surface area (Å²) in [6.45, 7) is 8.84. The first-order valence-electron chi connectivity index (χ1n) is 9.99. The van der Waals surface area contributed by atoms with Crippen LogP contribution in [0.25, 0.3) is 16.8 Å². The molecule has 2 aromatic carbocycles. The molecular formula is C25H26ClNO4. The van der Waals surface area contributed by atoms with Crippen LogP contribution in [0, 0.1) is 13.8 Å². The van der Waals surface area contributed by atoms with Crippen LogP contribution < -0.4 is 5.56 Å². The van der Waals surface area contributed by atoms with Gasteiger partial charge in [0.05, 0.1) is 5.60 Å². The summed E-state index contributed by atoms with van der Waals surface area (Å²) in [4.78, 5) is 25.7. The lowest BCUT2D eigenvalue weighted by Gasteiger charge is -2.29. The number of ether oxygens (including phenoxy) is 1. The van der Waals surface area contributed by atoms with E-state index in [9.17, 15) is 14.7 Å². The Hall–Kier alpha value is -2.89. The van der Waals surface area contributed by atoms with Gasteiger partial charge < -0.3 is 9.84 Å². The minimum absolute atomic E-state index is 0.278. The Labute approximate surface area is 186 Å². The molecule has 162 valence electrons. The van der Waals surface area contributed by atoms with Crippen molar-refractivity contribution >= 4 is 17.6 Å². The zero-order valence-electron chi connectivity index (χ0n) is 18.3. The first kappa shape index (κ1) is 22.8. The average Bonchev–Trinajstić information content (AvgIpc) is 2.70. The molecule has 1 unspecified atom stereocenters. The molecule has 0 fully saturated rings. The molecule has 0 aliphatic rings. The molecule has 1 atom stereocenters. The van der Waals surface area contributed by atoms with Crippen molar-refractivity contribution < 1.29 is 14.6 Å². The summed E-state index contributed by atoms with van der Waals surface area (Å²) in [6, 6.07) is 16.4. The molecule has 31 heavy (non-hydrogen) atoms. The number of para-hydroxylation sites is 1. The lowest BCUT2D eigenvalue weighted by molar-refractivity contribution is -0.160. The fourth-order valence-corrected chi connectivity index (χ4v) is 3.84. The van der Waals surface area contributed by atoms with Gasteiger partial charge in [0, 0.05) is 33.1 Å². The summed E-state index contributed by atoms with van der Waals surface area (Å²) >= 11 is 6.09. The standard InChI is InChI=1S/C25H26ClNO4/c1-15-20(22(24(29)30)31-25(3,4)5)21(17-11-13-18(26)14-12-17)16(2)27(23(15)28)19-9-7-6-8-10-19/h6-14,22H,1-5H3,(H,29,30). The van der Waals surface area contributed by atoms with Crippen molar-refractivity contribution in [3.05, 3.63) is 86.8 Å². The topological polar surface area (TPSA) is 68.5 Å². The summed E-state index contributed by atoms with van der Waals surface area (Å²) in [6.07, 6.45) is -1.30. The van der Waals surface area contributed by atoms with Gasteiger partial charge in [0.25, 0.3) is 5.56 Å². The molecule has 3 aromatic rings. The predicted octanol–water partition coefficient (Wildman–Crippen LogP) is 5.72. The van der Waals surface area contributed by atoms with Gasteiger partial charge in [-0.05, 0) is 64.4 Å². The van der Waals surface area contributed by atoms with E-state index in [0.29, 0.717) is 33.1 Å². The van der Waals surface area contributed by atoms with Gasteiger partial charge in [-0.2, -0.15) is 0 Å². The fraction of sp³-hybridized carbons (Fsp3) is 0.280. The maximum absolute atomic E-state index is 13.4. The van der Waals surface area contributed by atoms with Gasteiger partial charge in [0.2, 0.25) is 0 Å². The number of carboxylic acid groups (broad SMARTS) is 1. The van der Waals surface area contributed by atoms with E-state index >= 15 is 0 Å². The van der Waals surface area contributed by atoms with Crippen LogP contribution in [0.4, 0.5) is 0 Å². The Kier molecular flexibility index (Phi) is 6.39. The number of aromatic nitrogens is 1. The molecule has 0 spiro atoms. The quantitative estimate of drug-likeness (QED) is 0.552. The van der Waals surface area contributed by atoms with E-state index in [1.165, 1.54) is 0 Å². The Morgan fingerprint density at radius 1 is 1.03 bits per heavy atom. The largest absolute Gasteiger partial charge is 0.479 e. The number of pyridine rings is 1. The monoisotopic (exact) mass is 439 g/mol. The number of hydrogen-bond donors (Lipinski definition) is 1. The van der Waals surface area contributed by atoms with Gasteiger partial charge >= 0.3 is 5.97 Å². The Morgan fingerprint density at radius 3 is 2.13 bits per heavy atom. The van der Waals surface area contributed by atoms with E-state index < -0.39 is 17.7 Å². The maximum Gasteiger partial charge on any atom is 0.337 e. The highest BCUT2D eigenvalue weighted by molar-refractivity contribution is 6.30. The summed E-state index contributed by atoms with van der Waals surface area (Å²) in [5.74, 6) is -1.15. The van der Waals surface area contributed by atoms with E-state index in [1.54, 1.807) is 44.4 Å². The average molecular weight is 440 g/mol. The second-order valence-corrected chi connectivity index (χ2v) is 8.87. The summed E-state index contributed by atoms with van der Waals surface area (Å²) < 4.78 is 7.54. The highest BCUT2D eigenvalue weighted by Gasteiger charge is 2.33. The van der Waals surface area contributed by atoms with Crippen molar-refractivity contribution in [2.24, 2.45) is 0 Å². The van der Waals surface area contributed by atoms with E-state index in [1.807, 2.05) is 49.4 Å². The Bertz CT molecular complexity index is 1160. The zero-order chi connectivity index (χ0) is 22.9. The third-order valence-corrected chi connectivity index (χ3v) is 5.25. The Balaban J connectivity index is 2.43. The number of carbonyl (C=O) groups is 1. The summed E-state index contributed by atoms with van der Waals surface area (Å²) in [5.41, 5.74) is 2.43. The molecule has 0 radical (unpaired) electrons.